The SMILES string of the molecule is COC(=O)c1ccc2c(c1)C(=C(C)Nc1ccc(C(=O)Nc3ccccc3N)cc1)C(=O)N2. The minimum atomic E-state index is -0.478. The molecule has 3 aromatic carbocycles. The third kappa shape index (κ3) is 4.40. The maximum Gasteiger partial charge on any atom is 0.337 e. The Labute approximate surface area is 190 Å². The van der Waals surface area contributed by atoms with E-state index in [1.807, 2.05) is 0 Å². The van der Waals surface area contributed by atoms with Gasteiger partial charge in [0.2, 0.25) is 0 Å². The molecule has 3 aromatic rings. The van der Waals surface area contributed by atoms with Crippen molar-refractivity contribution in [2.75, 3.05) is 28.8 Å². The van der Waals surface area contributed by atoms with Crippen LogP contribution in [0.2, 0.25) is 0 Å². The van der Waals surface area contributed by atoms with E-state index < -0.39 is 5.97 Å². The van der Waals surface area contributed by atoms with Crippen LogP contribution in [0, 0.1) is 0 Å². The zero-order valence-electron chi connectivity index (χ0n) is 18.1. The van der Waals surface area contributed by atoms with Gasteiger partial charge in [0.15, 0.2) is 0 Å². The first-order valence-corrected chi connectivity index (χ1v) is 10.2. The molecule has 1 heterocycles. The van der Waals surface area contributed by atoms with Gasteiger partial charge in [-0.25, -0.2) is 4.79 Å². The number of amides is 2. The molecule has 0 radical (unpaired) electrons. The average molecular weight is 442 g/mol. The normalized spacial score (nSPS) is 13.6. The predicted octanol–water partition coefficient (Wildman–Crippen LogP) is 4.10. The van der Waals surface area contributed by atoms with Crippen LogP contribution in [-0.2, 0) is 9.53 Å². The van der Waals surface area contributed by atoms with Gasteiger partial charge in [0.25, 0.3) is 11.8 Å². The number of allylic oxidation sites excluding steroid dienone is 1. The van der Waals surface area contributed by atoms with Crippen molar-refractivity contribution in [1.82, 2.24) is 0 Å². The molecule has 0 saturated carbocycles. The number of nitrogens with two attached hydrogens (primary N) is 1. The molecule has 0 atom stereocenters. The number of nitrogen functional groups attached to an aromatic ring is 1. The van der Waals surface area contributed by atoms with Crippen LogP contribution >= 0.6 is 0 Å². The van der Waals surface area contributed by atoms with Gasteiger partial charge >= 0.3 is 5.97 Å². The highest BCUT2D eigenvalue weighted by Crippen LogP contribution is 2.35. The van der Waals surface area contributed by atoms with Gasteiger partial charge in [-0.3, -0.25) is 9.59 Å². The Morgan fingerprint density at radius 3 is 2.33 bits per heavy atom. The van der Waals surface area contributed by atoms with Crippen molar-refractivity contribution >= 4 is 46.1 Å². The van der Waals surface area contributed by atoms with E-state index in [0.717, 1.165) is 0 Å². The summed E-state index contributed by atoms with van der Waals surface area (Å²) >= 11 is 0. The molecule has 5 N–H and O–H groups in total. The highest BCUT2D eigenvalue weighted by atomic mass is 16.5. The smallest absolute Gasteiger partial charge is 0.337 e. The Bertz CT molecular complexity index is 1300. The minimum Gasteiger partial charge on any atom is -0.465 e. The molecule has 0 unspecified atom stereocenters. The van der Waals surface area contributed by atoms with Crippen molar-refractivity contribution in [3.63, 3.8) is 0 Å². The molecule has 0 bridgehead atoms. The summed E-state index contributed by atoms with van der Waals surface area (Å²) in [6.45, 7) is 1.77. The maximum absolute atomic E-state index is 12.6. The van der Waals surface area contributed by atoms with Crippen molar-refractivity contribution in [1.29, 1.82) is 0 Å². The van der Waals surface area contributed by atoms with E-state index in [1.165, 1.54) is 7.11 Å². The van der Waals surface area contributed by atoms with Crippen LogP contribution in [0.25, 0.3) is 5.57 Å². The third-order valence-corrected chi connectivity index (χ3v) is 5.25. The number of hydrogen-bond acceptors (Lipinski definition) is 6. The molecule has 0 aromatic heterocycles. The minimum absolute atomic E-state index is 0.270. The maximum atomic E-state index is 12.6. The fraction of sp³-hybridized carbons (Fsp3) is 0.0800. The lowest BCUT2D eigenvalue weighted by atomic mass is 10.0. The molecule has 33 heavy (non-hydrogen) atoms. The number of hydrogen-bond donors (Lipinski definition) is 4. The van der Waals surface area contributed by atoms with Gasteiger partial charge in [-0.1, -0.05) is 12.1 Å². The number of carbonyl (C=O) groups is 3. The van der Waals surface area contributed by atoms with Crippen molar-refractivity contribution in [2.24, 2.45) is 0 Å². The summed E-state index contributed by atoms with van der Waals surface area (Å²) in [6, 6.07) is 18.8. The summed E-state index contributed by atoms with van der Waals surface area (Å²) in [5.41, 5.74) is 10.7. The first kappa shape index (κ1) is 21.6. The van der Waals surface area contributed by atoms with Gasteiger partial charge in [-0.2, -0.15) is 0 Å². The lowest BCUT2D eigenvalue weighted by molar-refractivity contribution is -0.110. The fourth-order valence-electron chi connectivity index (χ4n) is 3.57. The molecule has 2 amide bonds. The Kier molecular flexibility index (Phi) is 5.82. The number of carbonyl (C=O) groups excluding carboxylic acids is 3. The molecule has 1 aliphatic heterocycles. The lowest BCUT2D eigenvalue weighted by Crippen LogP contribution is -2.13. The number of fused-ring (bicyclic) bond motifs is 1. The third-order valence-electron chi connectivity index (χ3n) is 5.25. The number of anilines is 4. The molecule has 4 rings (SSSR count). The first-order chi connectivity index (χ1) is 15.9. The van der Waals surface area contributed by atoms with Gasteiger partial charge in [-0.15, -0.1) is 0 Å². The Morgan fingerprint density at radius 1 is 0.939 bits per heavy atom. The number of rotatable bonds is 5. The van der Waals surface area contributed by atoms with E-state index >= 15 is 0 Å². The van der Waals surface area contributed by atoms with Gasteiger partial charge < -0.3 is 26.4 Å². The molecule has 0 spiro atoms. The molecule has 1 aliphatic rings. The predicted molar refractivity (Wildman–Crippen MR) is 128 cm³/mol. The average Bonchev–Trinajstić information content (AvgIpc) is 3.15. The first-order valence-electron chi connectivity index (χ1n) is 10.2. The standard InChI is InChI=1S/C25H22N4O4/c1-14(22-18-13-16(25(32)33-2)9-12-20(18)28-24(22)31)27-17-10-7-15(8-11-17)23(30)29-21-6-4-3-5-19(21)26/h3-13,27H,26H2,1-2H3,(H,28,31)(H,29,30). The highest BCUT2D eigenvalue weighted by molar-refractivity contribution is 6.32. The second-order valence-corrected chi connectivity index (χ2v) is 7.45. The number of methoxy groups -OCH3 is 1. The monoisotopic (exact) mass is 442 g/mol. The van der Waals surface area contributed by atoms with Gasteiger partial charge in [0.1, 0.15) is 0 Å². The summed E-state index contributed by atoms with van der Waals surface area (Å²) < 4.78 is 4.77. The second kappa shape index (κ2) is 8.88. The largest absolute Gasteiger partial charge is 0.465 e. The van der Waals surface area contributed by atoms with Gasteiger partial charge in [0, 0.05) is 28.2 Å². The van der Waals surface area contributed by atoms with Crippen LogP contribution in [-0.4, -0.2) is 24.9 Å². The quantitative estimate of drug-likeness (QED) is 0.268. The molecular formula is C25H22N4O4. The molecule has 0 saturated heterocycles. The number of nitrogens with one attached hydrogen (secondary N) is 3. The summed E-state index contributed by atoms with van der Waals surface area (Å²) in [5.74, 6) is -1.03. The van der Waals surface area contributed by atoms with E-state index in [4.69, 9.17) is 10.5 Å². The number of benzene rings is 3. The highest BCUT2D eigenvalue weighted by Gasteiger charge is 2.27. The van der Waals surface area contributed by atoms with Crippen LogP contribution in [0.4, 0.5) is 22.7 Å². The fourth-order valence-corrected chi connectivity index (χ4v) is 3.57. The van der Waals surface area contributed by atoms with Crippen molar-refractivity contribution in [3.05, 3.63) is 89.1 Å². The summed E-state index contributed by atoms with van der Waals surface area (Å²) in [4.78, 5) is 37.0. The van der Waals surface area contributed by atoms with Crippen molar-refractivity contribution in [3.8, 4) is 0 Å². The Morgan fingerprint density at radius 2 is 1.64 bits per heavy atom. The molecular weight excluding hydrogens is 420 g/mol. The van der Waals surface area contributed by atoms with Crippen LogP contribution in [0.15, 0.2) is 72.4 Å². The van der Waals surface area contributed by atoms with Gasteiger partial charge in [0.05, 0.1) is 29.6 Å². The Hall–Kier alpha value is -4.59. The van der Waals surface area contributed by atoms with Crippen LogP contribution < -0.4 is 21.7 Å². The summed E-state index contributed by atoms with van der Waals surface area (Å²) in [6.07, 6.45) is 0. The lowest BCUT2D eigenvalue weighted by Gasteiger charge is -2.11. The summed E-state index contributed by atoms with van der Waals surface area (Å²) in [7, 11) is 1.31. The van der Waals surface area contributed by atoms with Crippen LogP contribution in [0.5, 0.6) is 0 Å². The molecule has 8 heteroatoms. The van der Waals surface area contributed by atoms with E-state index in [1.54, 1.807) is 73.7 Å². The van der Waals surface area contributed by atoms with E-state index in [0.29, 0.717) is 50.7 Å². The number of esters is 1. The molecule has 0 aliphatic carbocycles. The summed E-state index contributed by atoms with van der Waals surface area (Å²) in [5, 5.41) is 8.77. The number of para-hydroxylation sites is 2. The van der Waals surface area contributed by atoms with Crippen molar-refractivity contribution < 1.29 is 19.1 Å². The van der Waals surface area contributed by atoms with Crippen molar-refractivity contribution in [2.45, 2.75) is 6.92 Å². The second-order valence-electron chi connectivity index (χ2n) is 7.45. The zero-order valence-corrected chi connectivity index (χ0v) is 18.1. The van der Waals surface area contributed by atoms with E-state index in [9.17, 15) is 14.4 Å². The molecule has 166 valence electrons. The van der Waals surface area contributed by atoms with Gasteiger partial charge in [-0.05, 0) is 61.5 Å². The molecule has 8 nitrogen and oxygen atoms in total. The van der Waals surface area contributed by atoms with E-state index in [-0.39, 0.29) is 11.8 Å². The van der Waals surface area contributed by atoms with E-state index in [2.05, 4.69) is 16.0 Å². The zero-order chi connectivity index (χ0) is 23.5. The molecule has 0 fully saturated rings. The van der Waals surface area contributed by atoms with Crippen LogP contribution in [0.1, 0.15) is 33.2 Å². The van der Waals surface area contributed by atoms with Crippen LogP contribution in [0.3, 0.4) is 0 Å². The number of ether oxygens (including phenoxy) is 1. The Balaban J connectivity index is 1.54. The topological polar surface area (TPSA) is 123 Å².